The molecule has 0 bridgehead atoms. The Bertz CT molecular complexity index is 451. The number of rotatable bonds is 4. The van der Waals surface area contributed by atoms with E-state index in [-0.39, 0.29) is 6.42 Å². The van der Waals surface area contributed by atoms with Crippen LogP contribution in [0.1, 0.15) is 5.56 Å². The van der Waals surface area contributed by atoms with Crippen LogP contribution < -0.4 is 5.32 Å². The normalized spacial score (nSPS) is 11.7. The molecule has 6 heteroatoms. The highest BCUT2D eigenvalue weighted by molar-refractivity contribution is 5.85. The molecule has 98 valence electrons. The minimum absolute atomic E-state index is 0.00481. The van der Waals surface area contributed by atoms with Gasteiger partial charge in [-0.1, -0.05) is 18.2 Å². The Morgan fingerprint density at radius 3 is 2.56 bits per heavy atom. The van der Waals surface area contributed by atoms with Crippen LogP contribution in [-0.2, 0) is 11.2 Å². The van der Waals surface area contributed by atoms with Crippen LogP contribution in [0.25, 0.3) is 0 Å². The number of amides is 2. The van der Waals surface area contributed by atoms with Crippen LogP contribution in [0.4, 0.5) is 9.18 Å². The highest BCUT2D eigenvalue weighted by Crippen LogP contribution is 2.12. The number of hydrogen-bond acceptors (Lipinski definition) is 2. The molecule has 0 saturated heterocycles. The van der Waals surface area contributed by atoms with Crippen molar-refractivity contribution < 1.29 is 19.1 Å². The van der Waals surface area contributed by atoms with Crippen molar-refractivity contribution in [1.82, 2.24) is 10.2 Å². The fraction of sp³-hybridized carbons (Fsp3) is 0.333. The van der Waals surface area contributed by atoms with E-state index in [0.717, 1.165) is 4.90 Å². The summed E-state index contributed by atoms with van der Waals surface area (Å²) in [5, 5.41) is 11.3. The molecule has 1 atom stereocenters. The van der Waals surface area contributed by atoms with Gasteiger partial charge in [0.2, 0.25) is 5.91 Å². The van der Waals surface area contributed by atoms with Gasteiger partial charge in [-0.3, -0.25) is 9.69 Å². The number of nitrogens with one attached hydrogen (secondary N) is 1. The van der Waals surface area contributed by atoms with E-state index in [9.17, 15) is 14.0 Å². The van der Waals surface area contributed by atoms with Gasteiger partial charge in [-0.05, 0) is 11.6 Å². The molecule has 2 amide bonds. The third-order valence-electron chi connectivity index (χ3n) is 2.69. The Morgan fingerprint density at radius 1 is 1.44 bits per heavy atom. The first kappa shape index (κ1) is 14.0. The van der Waals surface area contributed by atoms with Crippen molar-refractivity contribution in [2.45, 2.75) is 12.5 Å². The van der Waals surface area contributed by atoms with Gasteiger partial charge in [-0.2, -0.15) is 0 Å². The lowest BCUT2D eigenvalue weighted by atomic mass is 10.0. The van der Waals surface area contributed by atoms with Gasteiger partial charge >= 0.3 is 6.09 Å². The maximum atomic E-state index is 13.5. The average molecular weight is 254 g/mol. The summed E-state index contributed by atoms with van der Waals surface area (Å²) in [6.45, 7) is 0. The van der Waals surface area contributed by atoms with Crippen LogP contribution in [0.5, 0.6) is 0 Å². The van der Waals surface area contributed by atoms with Crippen molar-refractivity contribution in [1.29, 1.82) is 0 Å². The third-order valence-corrected chi connectivity index (χ3v) is 2.69. The van der Waals surface area contributed by atoms with Crippen LogP contribution in [0.3, 0.4) is 0 Å². The molecule has 0 aromatic heterocycles. The fourth-order valence-electron chi connectivity index (χ4n) is 1.58. The molecule has 0 radical (unpaired) electrons. The average Bonchev–Trinajstić information content (AvgIpc) is 2.36. The van der Waals surface area contributed by atoms with Crippen molar-refractivity contribution in [2.75, 3.05) is 14.1 Å². The maximum Gasteiger partial charge on any atom is 0.407 e. The van der Waals surface area contributed by atoms with Gasteiger partial charge in [-0.15, -0.1) is 0 Å². The molecule has 1 aromatic carbocycles. The second kappa shape index (κ2) is 6.00. The number of nitrogens with zero attached hydrogens (tertiary/aromatic N) is 1. The number of hydrogen-bond donors (Lipinski definition) is 2. The largest absolute Gasteiger partial charge is 0.465 e. The summed E-state index contributed by atoms with van der Waals surface area (Å²) in [4.78, 5) is 23.4. The highest BCUT2D eigenvalue weighted by atomic mass is 19.1. The SMILES string of the molecule is CNC(=O)[C@@H](Cc1ccccc1F)N(C)C(=O)O. The van der Waals surface area contributed by atoms with Crippen molar-refractivity contribution in [3.63, 3.8) is 0 Å². The molecule has 0 aliphatic rings. The minimum Gasteiger partial charge on any atom is -0.465 e. The van der Waals surface area contributed by atoms with Crippen LogP contribution >= 0.6 is 0 Å². The molecule has 1 aromatic rings. The molecule has 0 spiro atoms. The van der Waals surface area contributed by atoms with E-state index in [2.05, 4.69) is 5.32 Å². The molecule has 0 unspecified atom stereocenters. The molecule has 0 fully saturated rings. The van der Waals surface area contributed by atoms with Gasteiger partial charge in [-0.25, -0.2) is 9.18 Å². The summed E-state index contributed by atoms with van der Waals surface area (Å²) >= 11 is 0. The molecule has 0 aliphatic heterocycles. The van der Waals surface area contributed by atoms with Gasteiger partial charge in [0.15, 0.2) is 0 Å². The molecular formula is C12H15FN2O3. The van der Waals surface area contributed by atoms with E-state index in [0.29, 0.717) is 5.56 Å². The van der Waals surface area contributed by atoms with Gasteiger partial charge in [0.05, 0.1) is 0 Å². The summed E-state index contributed by atoms with van der Waals surface area (Å²) in [7, 11) is 2.69. The number of carbonyl (C=O) groups excluding carboxylic acids is 1. The molecule has 5 nitrogen and oxygen atoms in total. The van der Waals surface area contributed by atoms with Crippen LogP contribution in [0, 0.1) is 5.82 Å². The summed E-state index contributed by atoms with van der Waals surface area (Å²) in [5.41, 5.74) is 0.305. The maximum absolute atomic E-state index is 13.5. The molecule has 2 N–H and O–H groups in total. The molecule has 0 saturated carbocycles. The monoisotopic (exact) mass is 254 g/mol. The van der Waals surface area contributed by atoms with Crippen molar-refractivity contribution in [3.05, 3.63) is 35.6 Å². The Labute approximate surface area is 104 Å². The van der Waals surface area contributed by atoms with E-state index in [4.69, 9.17) is 5.11 Å². The Balaban J connectivity index is 2.95. The lowest BCUT2D eigenvalue weighted by Crippen LogP contribution is -2.47. The van der Waals surface area contributed by atoms with Gasteiger partial charge in [0.1, 0.15) is 11.9 Å². The Morgan fingerprint density at radius 2 is 2.06 bits per heavy atom. The number of benzene rings is 1. The fourth-order valence-corrected chi connectivity index (χ4v) is 1.58. The summed E-state index contributed by atoms with van der Waals surface area (Å²) in [6, 6.07) is 5.02. The van der Waals surface area contributed by atoms with E-state index >= 15 is 0 Å². The van der Waals surface area contributed by atoms with Gasteiger partial charge < -0.3 is 10.4 Å². The number of carbonyl (C=O) groups is 2. The standard InChI is InChI=1S/C12H15FN2O3/c1-14-11(16)10(15(2)12(17)18)7-8-5-3-4-6-9(8)13/h3-6,10H,7H2,1-2H3,(H,14,16)(H,17,18)/t10-/m1/s1. The third kappa shape index (κ3) is 3.19. The zero-order chi connectivity index (χ0) is 13.7. The van der Waals surface area contributed by atoms with Crippen LogP contribution in [0.15, 0.2) is 24.3 Å². The van der Waals surface area contributed by atoms with Crippen molar-refractivity contribution in [2.24, 2.45) is 0 Å². The first-order chi connectivity index (χ1) is 8.47. The zero-order valence-corrected chi connectivity index (χ0v) is 10.2. The Kier molecular flexibility index (Phi) is 4.65. The Hall–Kier alpha value is -2.11. The zero-order valence-electron chi connectivity index (χ0n) is 10.2. The molecular weight excluding hydrogens is 239 g/mol. The van der Waals surface area contributed by atoms with Gasteiger partial charge in [0, 0.05) is 20.5 Å². The topological polar surface area (TPSA) is 69.6 Å². The summed E-state index contributed by atoms with van der Waals surface area (Å²) < 4.78 is 13.5. The molecule has 0 heterocycles. The van der Waals surface area contributed by atoms with E-state index in [1.54, 1.807) is 6.07 Å². The second-order valence-corrected chi connectivity index (χ2v) is 3.82. The van der Waals surface area contributed by atoms with Crippen LogP contribution in [-0.4, -0.2) is 42.1 Å². The quantitative estimate of drug-likeness (QED) is 0.845. The van der Waals surface area contributed by atoms with Crippen molar-refractivity contribution in [3.8, 4) is 0 Å². The first-order valence-corrected chi connectivity index (χ1v) is 5.38. The number of carboxylic acid groups (broad SMARTS) is 1. The second-order valence-electron chi connectivity index (χ2n) is 3.82. The first-order valence-electron chi connectivity index (χ1n) is 5.38. The lowest BCUT2D eigenvalue weighted by molar-refractivity contribution is -0.125. The van der Waals surface area contributed by atoms with Gasteiger partial charge in [0.25, 0.3) is 0 Å². The summed E-state index contributed by atoms with van der Waals surface area (Å²) in [5.74, 6) is -0.923. The predicted octanol–water partition coefficient (Wildman–Crippen LogP) is 1.09. The molecule has 1 rings (SSSR count). The molecule has 0 aliphatic carbocycles. The van der Waals surface area contributed by atoms with E-state index in [1.165, 1.54) is 32.3 Å². The van der Waals surface area contributed by atoms with E-state index in [1.807, 2.05) is 0 Å². The minimum atomic E-state index is -1.24. The molecule has 18 heavy (non-hydrogen) atoms. The summed E-state index contributed by atoms with van der Waals surface area (Å²) in [6.07, 6.45) is -1.24. The number of likely N-dealkylation sites (N-methyl/N-ethyl adjacent to an activating group) is 2. The van der Waals surface area contributed by atoms with E-state index < -0.39 is 23.9 Å². The predicted molar refractivity (Wildman–Crippen MR) is 63.7 cm³/mol. The van der Waals surface area contributed by atoms with Crippen molar-refractivity contribution >= 4 is 12.0 Å². The van der Waals surface area contributed by atoms with Crippen LogP contribution in [0.2, 0.25) is 0 Å². The smallest absolute Gasteiger partial charge is 0.407 e. The highest BCUT2D eigenvalue weighted by Gasteiger charge is 2.26. The number of halogens is 1. The lowest BCUT2D eigenvalue weighted by Gasteiger charge is -2.24.